The van der Waals surface area contributed by atoms with E-state index in [-0.39, 0.29) is 34.4 Å². The number of Topliss-reactive ketones (excluding diaryl/α,β-unsaturated/α-hetero) is 1. The molecule has 3 fully saturated rings. The van der Waals surface area contributed by atoms with Crippen LogP contribution in [0.4, 0.5) is 0 Å². The Labute approximate surface area is 190 Å². The fourth-order valence-corrected chi connectivity index (χ4v) is 7.70. The van der Waals surface area contributed by atoms with E-state index in [2.05, 4.69) is 41.5 Å². The smallest absolute Gasteiger partial charge is 0.305 e. The van der Waals surface area contributed by atoms with Crippen molar-refractivity contribution in [2.24, 2.45) is 34.5 Å². The minimum Gasteiger partial charge on any atom is -0.469 e. The molecule has 0 N–H and O–H groups in total. The highest BCUT2D eigenvalue weighted by Crippen LogP contribution is 2.65. The average molecular weight is 435 g/mol. The van der Waals surface area contributed by atoms with Gasteiger partial charge >= 0.3 is 5.97 Å². The van der Waals surface area contributed by atoms with E-state index in [1.54, 1.807) is 0 Å². The third-order valence-electron chi connectivity index (χ3n) is 9.26. The Kier molecular flexibility index (Phi) is 7.30. The van der Waals surface area contributed by atoms with Gasteiger partial charge in [0.15, 0.2) is 0 Å². The summed E-state index contributed by atoms with van der Waals surface area (Å²) in [5.41, 5.74) is -0.0794. The lowest BCUT2D eigenvalue weighted by Crippen LogP contribution is -2.56. The van der Waals surface area contributed by atoms with Crippen LogP contribution in [0.5, 0.6) is 0 Å². The fraction of sp³-hybridized carbons (Fsp3) is 0.926. The van der Waals surface area contributed by atoms with Crippen molar-refractivity contribution >= 4 is 11.8 Å². The van der Waals surface area contributed by atoms with Gasteiger partial charge in [0.2, 0.25) is 0 Å². The maximum atomic E-state index is 13.5. The average Bonchev–Trinajstić information content (AvgIpc) is 3.01. The van der Waals surface area contributed by atoms with Gasteiger partial charge < -0.3 is 9.47 Å². The molecule has 0 aromatic rings. The van der Waals surface area contributed by atoms with Crippen LogP contribution in [0, 0.1) is 34.5 Å². The molecule has 0 saturated heterocycles. The first-order chi connectivity index (χ1) is 14.5. The van der Waals surface area contributed by atoms with Gasteiger partial charge in [-0.05, 0) is 87.9 Å². The number of hydrogen-bond acceptors (Lipinski definition) is 4. The van der Waals surface area contributed by atoms with Gasteiger partial charge in [-0.3, -0.25) is 9.59 Å². The quantitative estimate of drug-likeness (QED) is 0.438. The van der Waals surface area contributed by atoms with E-state index in [9.17, 15) is 9.59 Å². The zero-order valence-corrected chi connectivity index (χ0v) is 21.1. The first-order valence-electron chi connectivity index (χ1n) is 12.7. The van der Waals surface area contributed by atoms with Crippen molar-refractivity contribution in [3.63, 3.8) is 0 Å². The monoisotopic (exact) mass is 434 g/mol. The second-order valence-corrected chi connectivity index (χ2v) is 12.2. The number of ketones is 1. The largest absolute Gasteiger partial charge is 0.469 e. The first kappa shape index (κ1) is 24.7. The van der Waals surface area contributed by atoms with E-state index in [4.69, 9.17) is 9.47 Å². The van der Waals surface area contributed by atoms with Crippen molar-refractivity contribution in [1.29, 1.82) is 0 Å². The van der Waals surface area contributed by atoms with Crippen LogP contribution >= 0.6 is 0 Å². The summed E-state index contributed by atoms with van der Waals surface area (Å²) < 4.78 is 11.5. The summed E-state index contributed by atoms with van der Waals surface area (Å²) in [5.74, 6) is 1.89. The molecule has 4 heteroatoms. The van der Waals surface area contributed by atoms with Gasteiger partial charge in [0.1, 0.15) is 5.78 Å². The Morgan fingerprint density at radius 1 is 1.13 bits per heavy atom. The second-order valence-electron chi connectivity index (χ2n) is 12.2. The van der Waals surface area contributed by atoms with E-state index in [1.165, 1.54) is 20.0 Å². The van der Waals surface area contributed by atoms with Crippen molar-refractivity contribution in [3.8, 4) is 0 Å². The lowest BCUT2D eigenvalue weighted by molar-refractivity contribution is -0.165. The maximum absolute atomic E-state index is 13.5. The minimum absolute atomic E-state index is 0.0886. The first-order valence-corrected chi connectivity index (χ1v) is 12.7. The maximum Gasteiger partial charge on any atom is 0.305 e. The summed E-state index contributed by atoms with van der Waals surface area (Å²) in [6.45, 7) is 13.4. The van der Waals surface area contributed by atoms with Crippen molar-refractivity contribution in [2.75, 3.05) is 7.11 Å². The van der Waals surface area contributed by atoms with E-state index in [1.807, 2.05) is 0 Å². The molecule has 0 aromatic heterocycles. The van der Waals surface area contributed by atoms with E-state index < -0.39 is 0 Å². The van der Waals surface area contributed by atoms with Gasteiger partial charge in [-0.2, -0.15) is 0 Å². The summed E-state index contributed by atoms with van der Waals surface area (Å²) in [4.78, 5) is 25.6. The zero-order valence-electron chi connectivity index (χ0n) is 21.1. The summed E-state index contributed by atoms with van der Waals surface area (Å²) in [5, 5.41) is 0. The summed E-state index contributed by atoms with van der Waals surface area (Å²) in [7, 11) is 1.47. The van der Waals surface area contributed by atoms with Crippen molar-refractivity contribution in [3.05, 3.63) is 0 Å². The molecule has 0 aliphatic heterocycles. The number of rotatable bonds is 7. The molecule has 3 aliphatic rings. The van der Waals surface area contributed by atoms with Crippen LogP contribution in [0.15, 0.2) is 0 Å². The normalized spacial score (nSPS) is 40.4. The molecule has 3 rings (SSSR count). The number of unbranched alkanes of at least 4 members (excludes halogenated alkanes) is 1. The number of carbonyl (C=O) groups excluding carboxylic acids is 2. The fourth-order valence-electron chi connectivity index (χ4n) is 7.70. The van der Waals surface area contributed by atoms with Crippen LogP contribution in [-0.2, 0) is 19.1 Å². The molecule has 31 heavy (non-hydrogen) atoms. The van der Waals surface area contributed by atoms with Crippen LogP contribution < -0.4 is 0 Å². The molecule has 3 aliphatic carbocycles. The molecule has 0 aromatic carbocycles. The van der Waals surface area contributed by atoms with Gasteiger partial charge in [-0.25, -0.2) is 0 Å². The number of ether oxygens (including phenoxy) is 2. The standard InChI is InChI=1S/C27H46O4/c1-8-9-10-21-22(28)17-18-19-11-12-23(31-25(2,3)4)27(19,6)15-13-20(18)26(21,5)16-14-24(29)30-7/h18-21,23H,8-17H2,1-7H3/t18-,19-,20-,21-,23-,26+,27-/m0/s1. The van der Waals surface area contributed by atoms with Crippen LogP contribution in [0.2, 0.25) is 0 Å². The summed E-state index contributed by atoms with van der Waals surface area (Å²) >= 11 is 0. The van der Waals surface area contributed by atoms with Crippen LogP contribution in [0.3, 0.4) is 0 Å². The zero-order chi connectivity index (χ0) is 23.0. The molecule has 0 radical (unpaired) electrons. The van der Waals surface area contributed by atoms with Crippen LogP contribution in [-0.4, -0.2) is 30.6 Å². The number of methoxy groups -OCH3 is 1. The number of hydrogen-bond donors (Lipinski definition) is 0. The Morgan fingerprint density at radius 3 is 2.45 bits per heavy atom. The number of carbonyl (C=O) groups is 2. The van der Waals surface area contributed by atoms with Gasteiger partial charge in [0.25, 0.3) is 0 Å². The van der Waals surface area contributed by atoms with Crippen molar-refractivity contribution < 1.29 is 19.1 Å². The Hall–Kier alpha value is -0.900. The Balaban J connectivity index is 1.88. The Bertz CT molecular complexity index is 665. The van der Waals surface area contributed by atoms with Gasteiger partial charge in [-0.15, -0.1) is 0 Å². The lowest BCUT2D eigenvalue weighted by atomic mass is 9.46. The van der Waals surface area contributed by atoms with Crippen LogP contribution in [0.25, 0.3) is 0 Å². The van der Waals surface area contributed by atoms with E-state index >= 15 is 0 Å². The van der Waals surface area contributed by atoms with Gasteiger partial charge in [-0.1, -0.05) is 33.6 Å². The molecule has 0 amide bonds. The molecule has 178 valence electrons. The molecule has 7 atom stereocenters. The van der Waals surface area contributed by atoms with Gasteiger partial charge in [0, 0.05) is 18.8 Å². The molecule has 3 saturated carbocycles. The summed E-state index contributed by atoms with van der Waals surface area (Å²) in [6, 6.07) is 0. The highest BCUT2D eigenvalue weighted by atomic mass is 16.5. The minimum atomic E-state index is -0.148. The van der Waals surface area contributed by atoms with Crippen LogP contribution in [0.1, 0.15) is 106 Å². The lowest BCUT2D eigenvalue weighted by Gasteiger charge is -2.58. The third-order valence-corrected chi connectivity index (χ3v) is 9.26. The predicted octanol–water partition coefficient (Wildman–Crippen LogP) is 6.35. The molecular formula is C27H46O4. The SMILES string of the molecule is CCCC[C@H]1C(=O)C[C@@H]2[C@H](CC[C@]3(C)[C@@H](OC(C)(C)C)CC[C@@H]23)[C@@]1(C)CCC(=O)OC. The van der Waals surface area contributed by atoms with E-state index in [0.717, 1.165) is 44.9 Å². The molecule has 0 spiro atoms. The second kappa shape index (κ2) is 9.15. The summed E-state index contributed by atoms with van der Waals surface area (Å²) in [6.07, 6.45) is 9.96. The van der Waals surface area contributed by atoms with E-state index in [0.29, 0.717) is 30.0 Å². The number of esters is 1. The predicted molar refractivity (Wildman–Crippen MR) is 124 cm³/mol. The highest BCUT2D eigenvalue weighted by molar-refractivity contribution is 5.83. The highest BCUT2D eigenvalue weighted by Gasteiger charge is 2.61. The van der Waals surface area contributed by atoms with Gasteiger partial charge in [0.05, 0.1) is 18.8 Å². The number of fused-ring (bicyclic) bond motifs is 3. The Morgan fingerprint density at radius 2 is 1.84 bits per heavy atom. The van der Waals surface area contributed by atoms with Crippen molar-refractivity contribution in [1.82, 2.24) is 0 Å². The molecule has 0 unspecified atom stereocenters. The molecular weight excluding hydrogens is 388 g/mol. The molecule has 4 nitrogen and oxygen atoms in total. The topological polar surface area (TPSA) is 52.6 Å². The third kappa shape index (κ3) is 4.75. The molecule has 0 heterocycles. The molecule has 0 bridgehead atoms. The van der Waals surface area contributed by atoms with Crippen molar-refractivity contribution in [2.45, 2.75) is 117 Å².